The molecule has 94 valence electrons. The summed E-state index contributed by atoms with van der Waals surface area (Å²) in [7, 11) is 1.64. The number of nitrogens with two attached hydrogens (primary N) is 1. The van der Waals surface area contributed by atoms with Crippen LogP contribution in [0.15, 0.2) is 30.4 Å². The van der Waals surface area contributed by atoms with E-state index in [9.17, 15) is 0 Å². The average molecular weight is 235 g/mol. The highest BCUT2D eigenvalue weighted by atomic mass is 16.5. The van der Waals surface area contributed by atoms with Crippen LogP contribution in [0.2, 0.25) is 0 Å². The van der Waals surface area contributed by atoms with Crippen LogP contribution in [0.3, 0.4) is 0 Å². The maximum Gasteiger partial charge on any atom is 0.164 e. The van der Waals surface area contributed by atoms with Gasteiger partial charge >= 0.3 is 0 Å². The first-order chi connectivity index (χ1) is 8.22. The monoisotopic (exact) mass is 235 g/mol. The number of para-hydroxylation sites is 1. The SMILES string of the molecule is C=C(CC)COc1c(CCN)cccc1OC. The van der Waals surface area contributed by atoms with Crippen molar-refractivity contribution in [3.63, 3.8) is 0 Å². The molecule has 0 saturated heterocycles. The molecule has 3 nitrogen and oxygen atoms in total. The summed E-state index contributed by atoms with van der Waals surface area (Å²) < 4.78 is 11.1. The quantitative estimate of drug-likeness (QED) is 0.739. The second kappa shape index (κ2) is 6.97. The average Bonchev–Trinajstić information content (AvgIpc) is 2.36. The van der Waals surface area contributed by atoms with Crippen molar-refractivity contribution in [3.8, 4) is 11.5 Å². The molecule has 0 bridgehead atoms. The molecule has 0 amide bonds. The van der Waals surface area contributed by atoms with E-state index < -0.39 is 0 Å². The van der Waals surface area contributed by atoms with E-state index in [0.717, 1.165) is 35.5 Å². The molecule has 0 unspecified atom stereocenters. The van der Waals surface area contributed by atoms with Crippen molar-refractivity contribution in [1.82, 2.24) is 0 Å². The van der Waals surface area contributed by atoms with E-state index in [2.05, 4.69) is 13.5 Å². The lowest BCUT2D eigenvalue weighted by Crippen LogP contribution is -2.08. The molecule has 0 spiro atoms. The molecule has 1 rings (SSSR count). The van der Waals surface area contributed by atoms with Crippen molar-refractivity contribution in [3.05, 3.63) is 35.9 Å². The zero-order valence-electron chi connectivity index (χ0n) is 10.7. The highest BCUT2D eigenvalue weighted by Crippen LogP contribution is 2.31. The van der Waals surface area contributed by atoms with Crippen LogP contribution in [-0.4, -0.2) is 20.3 Å². The largest absolute Gasteiger partial charge is 0.493 e. The van der Waals surface area contributed by atoms with Gasteiger partial charge in [0.2, 0.25) is 0 Å². The fourth-order valence-corrected chi connectivity index (χ4v) is 1.51. The van der Waals surface area contributed by atoms with Crippen LogP contribution in [0, 0.1) is 0 Å². The van der Waals surface area contributed by atoms with Crippen LogP contribution in [0.4, 0.5) is 0 Å². The Bertz CT molecular complexity index is 374. The lowest BCUT2D eigenvalue weighted by atomic mass is 10.1. The third-order valence-electron chi connectivity index (χ3n) is 2.61. The van der Waals surface area contributed by atoms with Crippen LogP contribution >= 0.6 is 0 Å². The van der Waals surface area contributed by atoms with Gasteiger partial charge in [-0.05, 0) is 36.6 Å². The molecule has 3 heteroatoms. The van der Waals surface area contributed by atoms with Gasteiger partial charge in [-0.2, -0.15) is 0 Å². The van der Waals surface area contributed by atoms with Gasteiger partial charge in [-0.3, -0.25) is 0 Å². The summed E-state index contributed by atoms with van der Waals surface area (Å²) in [5.41, 5.74) is 7.73. The van der Waals surface area contributed by atoms with Crippen LogP contribution in [0.1, 0.15) is 18.9 Å². The molecule has 0 atom stereocenters. The summed E-state index contributed by atoms with van der Waals surface area (Å²) in [6.07, 6.45) is 1.70. The molecule has 1 aromatic carbocycles. The Kier molecular flexibility index (Phi) is 5.57. The number of benzene rings is 1. The van der Waals surface area contributed by atoms with Crippen molar-refractivity contribution >= 4 is 0 Å². The minimum atomic E-state index is 0.522. The molecule has 2 N–H and O–H groups in total. The van der Waals surface area contributed by atoms with E-state index in [0.29, 0.717) is 13.2 Å². The van der Waals surface area contributed by atoms with E-state index in [-0.39, 0.29) is 0 Å². The van der Waals surface area contributed by atoms with Gasteiger partial charge in [-0.15, -0.1) is 0 Å². The Hall–Kier alpha value is -1.48. The Morgan fingerprint density at radius 1 is 1.41 bits per heavy atom. The maximum atomic E-state index is 5.78. The Labute approximate surface area is 103 Å². The van der Waals surface area contributed by atoms with Gasteiger partial charge < -0.3 is 15.2 Å². The summed E-state index contributed by atoms with van der Waals surface area (Å²) in [5.74, 6) is 1.54. The van der Waals surface area contributed by atoms with E-state index in [1.54, 1.807) is 7.11 Å². The van der Waals surface area contributed by atoms with Crippen molar-refractivity contribution in [1.29, 1.82) is 0 Å². The molecule has 0 fully saturated rings. The van der Waals surface area contributed by atoms with Gasteiger partial charge in [0, 0.05) is 0 Å². The molecule has 17 heavy (non-hydrogen) atoms. The second-order valence-electron chi connectivity index (χ2n) is 3.88. The van der Waals surface area contributed by atoms with Crippen LogP contribution in [-0.2, 0) is 6.42 Å². The number of methoxy groups -OCH3 is 1. The second-order valence-corrected chi connectivity index (χ2v) is 3.88. The summed E-state index contributed by atoms with van der Waals surface area (Å²) in [5, 5.41) is 0. The Morgan fingerprint density at radius 3 is 2.76 bits per heavy atom. The first kappa shape index (κ1) is 13.6. The van der Waals surface area contributed by atoms with Gasteiger partial charge in [0.25, 0.3) is 0 Å². The fourth-order valence-electron chi connectivity index (χ4n) is 1.51. The van der Waals surface area contributed by atoms with Crippen molar-refractivity contribution in [2.45, 2.75) is 19.8 Å². The Morgan fingerprint density at radius 2 is 2.18 bits per heavy atom. The fraction of sp³-hybridized carbons (Fsp3) is 0.429. The molecule has 0 aliphatic carbocycles. The minimum absolute atomic E-state index is 0.522. The zero-order valence-corrected chi connectivity index (χ0v) is 10.7. The molecular formula is C14H21NO2. The summed E-state index contributed by atoms with van der Waals surface area (Å²) >= 11 is 0. The number of rotatable bonds is 7. The van der Waals surface area contributed by atoms with Gasteiger partial charge in [0.1, 0.15) is 6.61 Å². The summed E-state index contributed by atoms with van der Waals surface area (Å²) in [6, 6.07) is 5.86. The summed E-state index contributed by atoms with van der Waals surface area (Å²) in [6.45, 7) is 7.11. The van der Waals surface area contributed by atoms with Crippen molar-refractivity contribution in [2.75, 3.05) is 20.3 Å². The molecule has 0 heterocycles. The van der Waals surface area contributed by atoms with Gasteiger partial charge in [-0.25, -0.2) is 0 Å². The van der Waals surface area contributed by atoms with Crippen molar-refractivity contribution in [2.24, 2.45) is 5.73 Å². The number of hydrogen-bond acceptors (Lipinski definition) is 3. The highest BCUT2D eigenvalue weighted by Gasteiger charge is 2.10. The van der Waals surface area contributed by atoms with E-state index in [1.165, 1.54) is 0 Å². The predicted molar refractivity (Wildman–Crippen MR) is 70.7 cm³/mol. The lowest BCUT2D eigenvalue weighted by Gasteiger charge is -2.15. The van der Waals surface area contributed by atoms with Gasteiger partial charge in [0.15, 0.2) is 11.5 Å². The van der Waals surface area contributed by atoms with Crippen LogP contribution < -0.4 is 15.2 Å². The molecule has 0 aromatic heterocycles. The first-order valence-electron chi connectivity index (χ1n) is 5.88. The first-order valence-corrected chi connectivity index (χ1v) is 5.88. The third-order valence-corrected chi connectivity index (χ3v) is 2.61. The predicted octanol–water partition coefficient (Wildman–Crippen LogP) is 2.54. The standard InChI is InChI=1S/C14H21NO2/c1-4-11(2)10-17-14-12(8-9-15)6-5-7-13(14)16-3/h5-7H,2,4,8-10,15H2,1,3H3. The van der Waals surface area contributed by atoms with Crippen LogP contribution in [0.5, 0.6) is 11.5 Å². The van der Waals surface area contributed by atoms with Gasteiger partial charge in [0.05, 0.1) is 7.11 Å². The van der Waals surface area contributed by atoms with E-state index in [4.69, 9.17) is 15.2 Å². The van der Waals surface area contributed by atoms with Crippen molar-refractivity contribution < 1.29 is 9.47 Å². The zero-order chi connectivity index (χ0) is 12.7. The molecular weight excluding hydrogens is 214 g/mol. The third kappa shape index (κ3) is 3.79. The number of ether oxygens (including phenoxy) is 2. The molecule has 0 radical (unpaired) electrons. The molecule has 1 aromatic rings. The maximum absolute atomic E-state index is 5.78. The van der Waals surface area contributed by atoms with Crippen LogP contribution in [0.25, 0.3) is 0 Å². The number of hydrogen-bond donors (Lipinski definition) is 1. The molecule has 0 aliphatic rings. The minimum Gasteiger partial charge on any atom is -0.493 e. The van der Waals surface area contributed by atoms with E-state index in [1.807, 2.05) is 18.2 Å². The molecule has 0 saturated carbocycles. The lowest BCUT2D eigenvalue weighted by molar-refractivity contribution is 0.314. The Balaban J connectivity index is 2.88. The topological polar surface area (TPSA) is 44.5 Å². The van der Waals surface area contributed by atoms with E-state index >= 15 is 0 Å². The molecule has 0 aliphatic heterocycles. The summed E-state index contributed by atoms with van der Waals surface area (Å²) in [4.78, 5) is 0. The normalized spacial score (nSPS) is 10.1. The van der Waals surface area contributed by atoms with Gasteiger partial charge in [-0.1, -0.05) is 25.6 Å². The highest BCUT2D eigenvalue weighted by molar-refractivity contribution is 5.47. The smallest absolute Gasteiger partial charge is 0.164 e.